The Hall–Kier alpha value is -1.17. The molecule has 6 heteroatoms. The number of aryl methyl sites for hydroxylation is 1. The molecule has 0 aliphatic carbocycles. The molecule has 0 saturated carbocycles. The summed E-state index contributed by atoms with van der Waals surface area (Å²) in [4.78, 5) is 15.7. The van der Waals surface area contributed by atoms with E-state index in [4.69, 9.17) is 0 Å². The van der Waals surface area contributed by atoms with Crippen molar-refractivity contribution in [1.82, 2.24) is 14.7 Å². The van der Waals surface area contributed by atoms with Crippen molar-refractivity contribution in [3.05, 3.63) is 5.82 Å². The topological polar surface area (TPSA) is 66.9 Å². The van der Waals surface area contributed by atoms with Gasteiger partial charge in [0.05, 0.1) is 0 Å². The van der Waals surface area contributed by atoms with E-state index in [-0.39, 0.29) is 18.0 Å². The fraction of sp³-hybridized carbons (Fsp3) is 0.667. The minimum Gasteiger partial charge on any atom is -0.352 e. The van der Waals surface area contributed by atoms with E-state index in [1.807, 2.05) is 20.8 Å². The average Bonchev–Trinajstić information content (AvgIpc) is 2.50. The maximum Gasteiger partial charge on any atom is 0.242 e. The lowest BCUT2D eigenvalue weighted by Crippen LogP contribution is -2.40. The second kappa shape index (κ2) is 5.06. The summed E-state index contributed by atoms with van der Waals surface area (Å²) in [5.74, 6) is 0.692. The highest BCUT2D eigenvalue weighted by Crippen LogP contribution is 2.11. The van der Waals surface area contributed by atoms with Gasteiger partial charge in [0.1, 0.15) is 11.9 Å². The van der Waals surface area contributed by atoms with Gasteiger partial charge >= 0.3 is 0 Å². The van der Waals surface area contributed by atoms with Crippen molar-refractivity contribution in [3.63, 3.8) is 0 Å². The quantitative estimate of drug-likeness (QED) is 0.812. The molecule has 1 atom stereocenters. The highest BCUT2D eigenvalue weighted by atomic mass is 32.1. The molecule has 0 aliphatic heterocycles. The molecule has 1 aromatic rings. The predicted molar refractivity (Wildman–Crippen MR) is 61.0 cm³/mol. The Morgan fingerprint density at radius 1 is 1.40 bits per heavy atom. The molecule has 0 spiro atoms. The van der Waals surface area contributed by atoms with Crippen molar-refractivity contribution >= 4 is 22.6 Å². The van der Waals surface area contributed by atoms with Gasteiger partial charge in [0.2, 0.25) is 11.0 Å². The van der Waals surface area contributed by atoms with E-state index in [1.165, 1.54) is 11.5 Å². The van der Waals surface area contributed by atoms with Crippen LogP contribution in [0.25, 0.3) is 0 Å². The Labute approximate surface area is 93.5 Å². The smallest absolute Gasteiger partial charge is 0.242 e. The molecule has 1 heterocycles. The number of amides is 1. The molecule has 0 unspecified atom stereocenters. The minimum absolute atomic E-state index is 0.0298. The summed E-state index contributed by atoms with van der Waals surface area (Å²) in [6, 6.07) is -0.141. The Kier molecular flexibility index (Phi) is 4.02. The maximum atomic E-state index is 11.5. The molecule has 0 radical (unpaired) electrons. The van der Waals surface area contributed by atoms with Gasteiger partial charge < -0.3 is 10.6 Å². The van der Waals surface area contributed by atoms with Crippen molar-refractivity contribution in [1.29, 1.82) is 0 Å². The summed E-state index contributed by atoms with van der Waals surface area (Å²) in [6.07, 6.45) is 0. The number of rotatable bonds is 4. The minimum atomic E-state index is -0.292. The van der Waals surface area contributed by atoms with Crippen molar-refractivity contribution < 1.29 is 4.79 Å². The number of carbonyl (C=O) groups is 1. The first-order chi connectivity index (χ1) is 6.99. The van der Waals surface area contributed by atoms with Crippen molar-refractivity contribution in [2.24, 2.45) is 0 Å². The van der Waals surface area contributed by atoms with Crippen LogP contribution in [0.1, 0.15) is 26.6 Å². The SMILES string of the molecule is Cc1nsc(N[C@@H](C)C(=O)NC(C)C)n1. The second-order valence-corrected chi connectivity index (χ2v) is 4.43. The highest BCUT2D eigenvalue weighted by Gasteiger charge is 2.14. The normalized spacial score (nSPS) is 12.6. The Bertz CT molecular complexity index is 337. The van der Waals surface area contributed by atoms with Crippen LogP contribution in [0.3, 0.4) is 0 Å². The summed E-state index contributed by atoms with van der Waals surface area (Å²) < 4.78 is 4.03. The first-order valence-electron chi connectivity index (χ1n) is 4.86. The van der Waals surface area contributed by atoms with Crippen LogP contribution in [-0.4, -0.2) is 27.3 Å². The Balaban J connectivity index is 2.48. The summed E-state index contributed by atoms with van der Waals surface area (Å²) in [7, 11) is 0. The van der Waals surface area contributed by atoms with Crippen molar-refractivity contribution in [2.75, 3.05) is 5.32 Å². The summed E-state index contributed by atoms with van der Waals surface area (Å²) >= 11 is 1.26. The van der Waals surface area contributed by atoms with Gasteiger partial charge in [-0.25, -0.2) is 4.98 Å². The summed E-state index contributed by atoms with van der Waals surface area (Å²) in [5, 5.41) is 6.50. The number of anilines is 1. The average molecular weight is 228 g/mol. The molecule has 84 valence electrons. The molecular formula is C9H16N4OS. The third-order valence-electron chi connectivity index (χ3n) is 1.69. The molecule has 0 aliphatic rings. The Morgan fingerprint density at radius 3 is 2.53 bits per heavy atom. The first-order valence-corrected chi connectivity index (χ1v) is 5.63. The monoisotopic (exact) mass is 228 g/mol. The van der Waals surface area contributed by atoms with Crippen LogP contribution in [0.4, 0.5) is 5.13 Å². The third kappa shape index (κ3) is 3.83. The molecule has 2 N–H and O–H groups in total. The van der Waals surface area contributed by atoms with Crippen LogP contribution >= 0.6 is 11.5 Å². The predicted octanol–water partition coefficient (Wildman–Crippen LogP) is 1.17. The molecule has 1 rings (SSSR count). The fourth-order valence-electron chi connectivity index (χ4n) is 1.02. The van der Waals surface area contributed by atoms with Gasteiger partial charge in [-0.15, -0.1) is 0 Å². The van der Waals surface area contributed by atoms with Crippen LogP contribution in [0.2, 0.25) is 0 Å². The van der Waals surface area contributed by atoms with Crippen LogP contribution < -0.4 is 10.6 Å². The third-order valence-corrected chi connectivity index (χ3v) is 2.43. The lowest BCUT2D eigenvalue weighted by Gasteiger charge is -2.14. The van der Waals surface area contributed by atoms with Crippen LogP contribution in [-0.2, 0) is 4.79 Å². The van der Waals surface area contributed by atoms with E-state index in [9.17, 15) is 4.79 Å². The molecule has 5 nitrogen and oxygen atoms in total. The van der Waals surface area contributed by atoms with Gasteiger partial charge in [0.25, 0.3) is 0 Å². The summed E-state index contributed by atoms with van der Waals surface area (Å²) in [5.41, 5.74) is 0. The molecular weight excluding hydrogens is 212 g/mol. The number of nitrogens with one attached hydrogen (secondary N) is 2. The zero-order valence-corrected chi connectivity index (χ0v) is 10.2. The fourth-order valence-corrected chi connectivity index (χ4v) is 1.68. The lowest BCUT2D eigenvalue weighted by atomic mass is 10.3. The molecule has 0 saturated heterocycles. The van der Waals surface area contributed by atoms with E-state index < -0.39 is 0 Å². The lowest BCUT2D eigenvalue weighted by molar-refractivity contribution is -0.122. The van der Waals surface area contributed by atoms with Gasteiger partial charge in [0, 0.05) is 17.6 Å². The van der Waals surface area contributed by atoms with E-state index in [2.05, 4.69) is 20.0 Å². The molecule has 0 bridgehead atoms. The van der Waals surface area contributed by atoms with Gasteiger partial charge in [0.15, 0.2) is 0 Å². The largest absolute Gasteiger partial charge is 0.352 e. The number of nitrogens with zero attached hydrogens (tertiary/aromatic N) is 2. The highest BCUT2D eigenvalue weighted by molar-refractivity contribution is 7.09. The van der Waals surface area contributed by atoms with Crippen LogP contribution in [0, 0.1) is 6.92 Å². The van der Waals surface area contributed by atoms with Gasteiger partial charge in [-0.2, -0.15) is 4.37 Å². The molecule has 1 amide bonds. The zero-order valence-electron chi connectivity index (χ0n) is 9.37. The molecule has 0 aromatic carbocycles. The number of aromatic nitrogens is 2. The maximum absolute atomic E-state index is 11.5. The van der Waals surface area contributed by atoms with Gasteiger partial charge in [-0.3, -0.25) is 4.79 Å². The van der Waals surface area contributed by atoms with Crippen molar-refractivity contribution in [2.45, 2.75) is 39.8 Å². The van der Waals surface area contributed by atoms with Gasteiger partial charge in [-0.05, 0) is 27.7 Å². The van der Waals surface area contributed by atoms with E-state index in [1.54, 1.807) is 6.92 Å². The molecule has 0 fully saturated rings. The number of hydrogen-bond donors (Lipinski definition) is 2. The number of hydrogen-bond acceptors (Lipinski definition) is 5. The van der Waals surface area contributed by atoms with Crippen LogP contribution in [0.5, 0.6) is 0 Å². The second-order valence-electron chi connectivity index (χ2n) is 3.68. The molecule has 1 aromatic heterocycles. The molecule has 15 heavy (non-hydrogen) atoms. The standard InChI is InChI=1S/C9H16N4OS/c1-5(2)10-8(14)6(3)11-9-12-7(4)13-15-9/h5-6H,1-4H3,(H,10,14)(H,11,12,13)/t6-/m0/s1. The summed E-state index contributed by atoms with van der Waals surface area (Å²) in [6.45, 7) is 7.48. The number of carbonyl (C=O) groups excluding carboxylic acids is 1. The first kappa shape index (κ1) is 11.9. The van der Waals surface area contributed by atoms with Crippen LogP contribution in [0.15, 0.2) is 0 Å². The van der Waals surface area contributed by atoms with E-state index in [0.29, 0.717) is 5.13 Å². The van der Waals surface area contributed by atoms with E-state index >= 15 is 0 Å². The Morgan fingerprint density at radius 2 is 2.07 bits per heavy atom. The van der Waals surface area contributed by atoms with E-state index in [0.717, 1.165) is 5.82 Å². The van der Waals surface area contributed by atoms with Crippen molar-refractivity contribution in [3.8, 4) is 0 Å². The van der Waals surface area contributed by atoms with Gasteiger partial charge in [-0.1, -0.05) is 0 Å². The zero-order chi connectivity index (χ0) is 11.4.